The molecule has 8 heteroatoms. The number of sulfonamides is 1. The Balaban J connectivity index is 2.51. The van der Waals surface area contributed by atoms with Crippen LogP contribution in [0.15, 0.2) is 39.7 Å². The van der Waals surface area contributed by atoms with Gasteiger partial charge in [-0.15, -0.1) is 0 Å². The van der Waals surface area contributed by atoms with Gasteiger partial charge in [0.25, 0.3) is 10.0 Å². The third kappa shape index (κ3) is 3.48. The van der Waals surface area contributed by atoms with Gasteiger partial charge < -0.3 is 5.73 Å². The summed E-state index contributed by atoms with van der Waals surface area (Å²) in [6, 6.07) is 7.09. The van der Waals surface area contributed by atoms with E-state index in [1.54, 1.807) is 6.07 Å². The van der Waals surface area contributed by atoms with Gasteiger partial charge in [-0.05, 0) is 42.8 Å². The van der Waals surface area contributed by atoms with Crippen molar-refractivity contribution in [3.05, 3.63) is 51.2 Å². The van der Waals surface area contributed by atoms with Crippen LogP contribution in [0.1, 0.15) is 5.56 Å². The maximum atomic E-state index is 14.0. The van der Waals surface area contributed by atoms with Gasteiger partial charge in [0.05, 0.1) is 10.7 Å². The van der Waals surface area contributed by atoms with E-state index >= 15 is 0 Å². The predicted molar refractivity (Wildman–Crippen MR) is 85.5 cm³/mol. The largest absolute Gasteiger partial charge is 0.399 e. The Morgan fingerprint density at radius 3 is 2.62 bits per heavy atom. The number of rotatable bonds is 3. The SMILES string of the molecule is Cc1cc(N)cc(S(=O)(=O)Nc2cc(Br)ccc2Cl)c1F. The first-order valence-electron chi connectivity index (χ1n) is 5.74. The number of anilines is 2. The standard InChI is InChI=1S/C13H11BrClFN2O2S/c1-7-4-9(17)6-12(13(7)16)21(19,20)18-11-5-8(14)2-3-10(11)15/h2-6,18H,17H2,1H3. The number of benzene rings is 2. The molecule has 0 aromatic heterocycles. The van der Waals surface area contributed by atoms with Crippen LogP contribution in [0.4, 0.5) is 15.8 Å². The molecule has 0 spiro atoms. The van der Waals surface area contributed by atoms with Gasteiger partial charge in [0.2, 0.25) is 0 Å². The highest BCUT2D eigenvalue weighted by Gasteiger charge is 2.22. The molecule has 4 nitrogen and oxygen atoms in total. The summed E-state index contributed by atoms with van der Waals surface area (Å²) < 4.78 is 41.5. The van der Waals surface area contributed by atoms with Crippen LogP contribution in [-0.2, 0) is 10.0 Å². The Bertz CT molecular complexity index is 812. The molecule has 0 fully saturated rings. The molecule has 0 aliphatic rings. The lowest BCUT2D eigenvalue weighted by Gasteiger charge is -2.12. The van der Waals surface area contributed by atoms with Crippen molar-refractivity contribution < 1.29 is 12.8 Å². The monoisotopic (exact) mass is 392 g/mol. The number of hydrogen-bond acceptors (Lipinski definition) is 3. The van der Waals surface area contributed by atoms with Crippen LogP contribution in [0.3, 0.4) is 0 Å². The topological polar surface area (TPSA) is 72.2 Å². The third-order valence-electron chi connectivity index (χ3n) is 2.71. The first-order valence-corrected chi connectivity index (χ1v) is 8.39. The summed E-state index contributed by atoms with van der Waals surface area (Å²) in [5.74, 6) is -0.845. The van der Waals surface area contributed by atoms with E-state index in [1.807, 2.05) is 0 Å². The molecule has 0 bridgehead atoms. The summed E-state index contributed by atoms with van der Waals surface area (Å²) in [4.78, 5) is -0.518. The van der Waals surface area contributed by atoms with E-state index in [-0.39, 0.29) is 22.0 Å². The molecule has 2 aromatic rings. The fourth-order valence-electron chi connectivity index (χ4n) is 1.74. The van der Waals surface area contributed by atoms with Crippen molar-refractivity contribution >= 4 is 48.9 Å². The van der Waals surface area contributed by atoms with Crippen molar-refractivity contribution in [2.45, 2.75) is 11.8 Å². The second-order valence-electron chi connectivity index (χ2n) is 4.38. The zero-order valence-corrected chi connectivity index (χ0v) is 14.0. The van der Waals surface area contributed by atoms with Crippen molar-refractivity contribution in [2.24, 2.45) is 0 Å². The smallest absolute Gasteiger partial charge is 0.264 e. The lowest BCUT2D eigenvalue weighted by molar-refractivity contribution is 0.565. The number of hydrogen-bond donors (Lipinski definition) is 2. The number of nitrogens with one attached hydrogen (secondary N) is 1. The molecule has 0 atom stereocenters. The van der Waals surface area contributed by atoms with Gasteiger partial charge in [-0.1, -0.05) is 27.5 Å². The molecule has 0 unspecified atom stereocenters. The maximum Gasteiger partial charge on any atom is 0.264 e. The molecule has 0 heterocycles. The van der Waals surface area contributed by atoms with E-state index in [2.05, 4.69) is 20.7 Å². The van der Waals surface area contributed by atoms with Crippen LogP contribution < -0.4 is 10.5 Å². The summed E-state index contributed by atoms with van der Waals surface area (Å²) in [5, 5.41) is 0.197. The molecule has 0 saturated carbocycles. The minimum atomic E-state index is -4.14. The van der Waals surface area contributed by atoms with E-state index in [1.165, 1.54) is 25.1 Å². The van der Waals surface area contributed by atoms with Gasteiger partial charge >= 0.3 is 0 Å². The molecule has 2 aromatic carbocycles. The Labute approximate surface area is 135 Å². The van der Waals surface area contributed by atoms with Crippen LogP contribution in [0.25, 0.3) is 0 Å². The average Bonchev–Trinajstić information content (AvgIpc) is 2.37. The van der Waals surface area contributed by atoms with Gasteiger partial charge in [-0.2, -0.15) is 0 Å². The normalized spacial score (nSPS) is 11.4. The minimum absolute atomic E-state index is 0.144. The predicted octanol–water partition coefficient (Wildman–Crippen LogP) is 3.93. The van der Waals surface area contributed by atoms with E-state index in [4.69, 9.17) is 17.3 Å². The summed E-state index contributed by atoms with van der Waals surface area (Å²) in [7, 11) is -4.14. The zero-order chi connectivity index (χ0) is 15.8. The van der Waals surface area contributed by atoms with Crippen LogP contribution in [0, 0.1) is 12.7 Å². The number of aryl methyl sites for hydroxylation is 1. The van der Waals surface area contributed by atoms with Crippen LogP contribution in [0.2, 0.25) is 5.02 Å². The first kappa shape index (κ1) is 16.1. The lowest BCUT2D eigenvalue weighted by atomic mass is 10.2. The molecule has 0 saturated heterocycles. The summed E-state index contributed by atoms with van der Waals surface area (Å²) >= 11 is 9.14. The van der Waals surface area contributed by atoms with Crippen molar-refractivity contribution in [3.63, 3.8) is 0 Å². The molecular weight excluding hydrogens is 383 g/mol. The number of nitrogen functional groups attached to an aromatic ring is 1. The van der Waals surface area contributed by atoms with Gasteiger partial charge in [0.1, 0.15) is 10.7 Å². The second-order valence-corrected chi connectivity index (χ2v) is 7.35. The Hall–Kier alpha value is -1.31. The average molecular weight is 394 g/mol. The maximum absolute atomic E-state index is 14.0. The Morgan fingerprint density at radius 2 is 1.95 bits per heavy atom. The van der Waals surface area contributed by atoms with Crippen molar-refractivity contribution in [2.75, 3.05) is 10.5 Å². The quantitative estimate of drug-likeness (QED) is 0.776. The molecule has 21 heavy (non-hydrogen) atoms. The minimum Gasteiger partial charge on any atom is -0.399 e. The number of halogens is 3. The van der Waals surface area contributed by atoms with Gasteiger partial charge in [-0.25, -0.2) is 12.8 Å². The molecule has 0 radical (unpaired) electrons. The molecule has 2 rings (SSSR count). The second kappa shape index (κ2) is 5.82. The van der Waals surface area contributed by atoms with E-state index in [0.29, 0.717) is 4.47 Å². The fourth-order valence-corrected chi connectivity index (χ4v) is 3.57. The molecular formula is C13H11BrClFN2O2S. The van der Waals surface area contributed by atoms with Crippen molar-refractivity contribution in [1.82, 2.24) is 0 Å². The third-order valence-corrected chi connectivity index (χ3v) is 4.89. The highest BCUT2D eigenvalue weighted by Crippen LogP contribution is 2.29. The number of nitrogens with two attached hydrogens (primary N) is 1. The van der Waals surface area contributed by atoms with E-state index in [9.17, 15) is 12.8 Å². The van der Waals surface area contributed by atoms with Gasteiger partial charge in [0.15, 0.2) is 0 Å². The first-order chi connectivity index (χ1) is 9.70. The molecule has 0 aliphatic heterocycles. The molecule has 0 aliphatic carbocycles. The van der Waals surface area contributed by atoms with Gasteiger partial charge in [0, 0.05) is 10.2 Å². The highest BCUT2D eigenvalue weighted by atomic mass is 79.9. The zero-order valence-electron chi connectivity index (χ0n) is 10.8. The molecule has 3 N–H and O–H groups in total. The van der Waals surface area contributed by atoms with E-state index < -0.39 is 20.7 Å². The van der Waals surface area contributed by atoms with Crippen LogP contribution in [0.5, 0.6) is 0 Å². The molecule has 0 amide bonds. The van der Waals surface area contributed by atoms with Crippen molar-refractivity contribution in [1.29, 1.82) is 0 Å². The summed E-state index contributed by atoms with van der Waals surface area (Å²) in [6.45, 7) is 1.44. The van der Waals surface area contributed by atoms with Gasteiger partial charge in [-0.3, -0.25) is 4.72 Å². The lowest BCUT2D eigenvalue weighted by Crippen LogP contribution is -2.16. The highest BCUT2D eigenvalue weighted by molar-refractivity contribution is 9.10. The van der Waals surface area contributed by atoms with Crippen molar-refractivity contribution in [3.8, 4) is 0 Å². The molecule has 112 valence electrons. The Kier molecular flexibility index (Phi) is 4.46. The van der Waals surface area contributed by atoms with Crippen LogP contribution in [-0.4, -0.2) is 8.42 Å². The van der Waals surface area contributed by atoms with Crippen LogP contribution >= 0.6 is 27.5 Å². The van der Waals surface area contributed by atoms with E-state index in [0.717, 1.165) is 6.07 Å². The summed E-state index contributed by atoms with van der Waals surface area (Å²) in [6.07, 6.45) is 0. The summed E-state index contributed by atoms with van der Waals surface area (Å²) in [5.41, 5.74) is 6.03. The fraction of sp³-hybridized carbons (Fsp3) is 0.0769. The Morgan fingerprint density at radius 1 is 1.29 bits per heavy atom.